The zero-order chi connectivity index (χ0) is 14.5. The van der Waals surface area contributed by atoms with Gasteiger partial charge in [-0.3, -0.25) is 0 Å². The smallest absolute Gasteiger partial charge is 0.144 e. The van der Waals surface area contributed by atoms with E-state index >= 15 is 0 Å². The van der Waals surface area contributed by atoms with Crippen LogP contribution in [0.3, 0.4) is 0 Å². The summed E-state index contributed by atoms with van der Waals surface area (Å²) in [5, 5.41) is 0. The molecule has 0 unspecified atom stereocenters. The van der Waals surface area contributed by atoms with Crippen molar-refractivity contribution in [2.24, 2.45) is 0 Å². The van der Waals surface area contributed by atoms with Crippen molar-refractivity contribution in [1.29, 1.82) is 0 Å². The second kappa shape index (κ2) is 7.50. The van der Waals surface area contributed by atoms with Crippen LogP contribution in [0, 0.1) is 4.64 Å². The third kappa shape index (κ3) is 3.64. The van der Waals surface area contributed by atoms with Gasteiger partial charge in [0.1, 0.15) is 16.1 Å². The SMILES string of the molecule is CCCc1[nH]c(C(CC)(CC)OCC)nc(=S)c1Br. The summed E-state index contributed by atoms with van der Waals surface area (Å²) in [7, 11) is 0. The third-order valence-electron chi connectivity index (χ3n) is 3.43. The normalized spacial score (nSPS) is 11.8. The van der Waals surface area contributed by atoms with Gasteiger partial charge in [0.2, 0.25) is 0 Å². The number of hydrogen-bond acceptors (Lipinski definition) is 3. The Bertz CT molecular complexity index is 469. The number of H-pyrrole nitrogens is 1. The Balaban J connectivity index is 3.35. The first-order valence-corrected chi connectivity index (χ1v) is 8.17. The van der Waals surface area contributed by atoms with Crippen molar-refractivity contribution in [2.75, 3.05) is 6.61 Å². The molecule has 5 heteroatoms. The van der Waals surface area contributed by atoms with Crippen LogP contribution in [0.5, 0.6) is 0 Å². The molecule has 0 aliphatic heterocycles. The van der Waals surface area contributed by atoms with Gasteiger partial charge in [0.15, 0.2) is 0 Å². The molecule has 0 bridgehead atoms. The Hall–Kier alpha value is -0.260. The number of rotatable bonds is 7. The lowest BCUT2D eigenvalue weighted by molar-refractivity contribution is -0.0574. The van der Waals surface area contributed by atoms with Crippen LogP contribution in [0.15, 0.2) is 4.47 Å². The first-order chi connectivity index (χ1) is 9.04. The fourth-order valence-electron chi connectivity index (χ4n) is 2.28. The first-order valence-electron chi connectivity index (χ1n) is 6.97. The summed E-state index contributed by atoms with van der Waals surface area (Å²) in [5.74, 6) is 0.857. The molecule has 1 aromatic rings. The summed E-state index contributed by atoms with van der Waals surface area (Å²) in [6, 6.07) is 0. The minimum Gasteiger partial charge on any atom is -0.367 e. The quantitative estimate of drug-likeness (QED) is 0.713. The van der Waals surface area contributed by atoms with Crippen molar-refractivity contribution < 1.29 is 4.74 Å². The van der Waals surface area contributed by atoms with Crippen LogP contribution < -0.4 is 0 Å². The van der Waals surface area contributed by atoms with Gasteiger partial charge < -0.3 is 9.72 Å². The van der Waals surface area contributed by atoms with E-state index in [2.05, 4.69) is 46.7 Å². The van der Waals surface area contributed by atoms with Crippen molar-refractivity contribution >= 4 is 28.1 Å². The molecule has 0 saturated carbocycles. The average Bonchev–Trinajstić information content (AvgIpc) is 2.41. The second-order valence-corrected chi connectivity index (χ2v) is 5.75. The van der Waals surface area contributed by atoms with Gasteiger partial charge in [-0.25, -0.2) is 4.98 Å². The van der Waals surface area contributed by atoms with Gasteiger partial charge in [-0.1, -0.05) is 39.4 Å². The molecule has 0 atom stereocenters. The number of nitrogens with one attached hydrogen (secondary N) is 1. The van der Waals surface area contributed by atoms with E-state index in [1.165, 1.54) is 0 Å². The predicted molar refractivity (Wildman–Crippen MR) is 85.0 cm³/mol. The molecule has 0 amide bonds. The molecule has 108 valence electrons. The third-order valence-corrected chi connectivity index (χ3v) is 4.84. The summed E-state index contributed by atoms with van der Waals surface area (Å²) in [6.45, 7) is 9.08. The van der Waals surface area contributed by atoms with E-state index < -0.39 is 0 Å². The molecule has 0 saturated heterocycles. The van der Waals surface area contributed by atoms with E-state index in [9.17, 15) is 0 Å². The molecular formula is C14H23BrN2OS. The molecule has 0 spiro atoms. The second-order valence-electron chi connectivity index (χ2n) is 4.57. The highest BCUT2D eigenvalue weighted by atomic mass is 79.9. The lowest BCUT2D eigenvalue weighted by atomic mass is 9.95. The van der Waals surface area contributed by atoms with E-state index in [0.29, 0.717) is 11.2 Å². The highest BCUT2D eigenvalue weighted by molar-refractivity contribution is 9.10. The van der Waals surface area contributed by atoms with Gasteiger partial charge in [0.05, 0.1) is 4.47 Å². The Kier molecular flexibility index (Phi) is 6.63. The lowest BCUT2D eigenvalue weighted by Crippen LogP contribution is -2.31. The van der Waals surface area contributed by atoms with Crippen LogP contribution in [-0.2, 0) is 16.8 Å². The standard InChI is InChI=1S/C14H23BrN2OS/c1-5-9-10-11(15)12(19)17-13(16-10)14(6-2,7-3)18-8-4/h5-9H2,1-4H3,(H,16,17,19). The summed E-state index contributed by atoms with van der Waals surface area (Å²) in [4.78, 5) is 7.97. The van der Waals surface area contributed by atoms with Crippen LogP contribution in [0.2, 0.25) is 0 Å². The Morgan fingerprint density at radius 3 is 2.37 bits per heavy atom. The molecular weight excluding hydrogens is 324 g/mol. The maximum atomic E-state index is 5.99. The minimum absolute atomic E-state index is 0.356. The summed E-state index contributed by atoms with van der Waals surface area (Å²) in [6.07, 6.45) is 3.77. The summed E-state index contributed by atoms with van der Waals surface area (Å²) >= 11 is 8.88. The van der Waals surface area contributed by atoms with Crippen molar-refractivity contribution in [3.8, 4) is 0 Å². The van der Waals surface area contributed by atoms with Crippen molar-refractivity contribution in [1.82, 2.24) is 9.97 Å². The van der Waals surface area contributed by atoms with Crippen molar-refractivity contribution in [3.63, 3.8) is 0 Å². The highest BCUT2D eigenvalue weighted by Crippen LogP contribution is 2.32. The Morgan fingerprint density at radius 2 is 1.89 bits per heavy atom. The number of nitrogens with zero attached hydrogens (tertiary/aromatic N) is 1. The van der Waals surface area contributed by atoms with E-state index in [1.54, 1.807) is 0 Å². The Labute approximate surface area is 129 Å². The van der Waals surface area contributed by atoms with Crippen LogP contribution in [0.1, 0.15) is 58.5 Å². The van der Waals surface area contributed by atoms with Crippen LogP contribution >= 0.6 is 28.1 Å². The maximum Gasteiger partial charge on any atom is 0.144 e. The molecule has 3 nitrogen and oxygen atoms in total. The largest absolute Gasteiger partial charge is 0.367 e. The monoisotopic (exact) mass is 346 g/mol. The fraction of sp³-hybridized carbons (Fsp3) is 0.714. The Morgan fingerprint density at radius 1 is 1.26 bits per heavy atom. The molecule has 1 aromatic heterocycles. The van der Waals surface area contributed by atoms with Gasteiger partial charge in [0, 0.05) is 12.3 Å². The lowest BCUT2D eigenvalue weighted by Gasteiger charge is -2.31. The average molecular weight is 347 g/mol. The van der Waals surface area contributed by atoms with Crippen LogP contribution in [-0.4, -0.2) is 16.6 Å². The number of hydrogen-bond donors (Lipinski definition) is 1. The molecule has 1 heterocycles. The van der Waals surface area contributed by atoms with Gasteiger partial charge in [-0.05, 0) is 42.1 Å². The summed E-state index contributed by atoms with van der Waals surface area (Å²) in [5.41, 5.74) is 0.759. The van der Waals surface area contributed by atoms with E-state index in [4.69, 9.17) is 17.0 Å². The molecule has 0 aliphatic carbocycles. The number of aromatic amines is 1. The first kappa shape index (κ1) is 16.8. The molecule has 0 fully saturated rings. The van der Waals surface area contributed by atoms with Gasteiger partial charge >= 0.3 is 0 Å². The predicted octanol–water partition coefficient (Wildman–Crippen LogP) is 4.91. The number of halogens is 1. The molecule has 0 aromatic carbocycles. The minimum atomic E-state index is -0.356. The molecule has 0 radical (unpaired) electrons. The fourth-order valence-corrected chi connectivity index (χ4v) is 2.88. The number of aromatic nitrogens is 2. The molecule has 1 rings (SSSR count). The molecule has 0 aliphatic rings. The van der Waals surface area contributed by atoms with E-state index in [-0.39, 0.29) is 5.60 Å². The van der Waals surface area contributed by atoms with Gasteiger partial charge in [-0.2, -0.15) is 0 Å². The number of ether oxygens (including phenoxy) is 1. The summed E-state index contributed by atoms with van der Waals surface area (Å²) < 4.78 is 7.51. The highest BCUT2D eigenvalue weighted by Gasteiger charge is 2.32. The topological polar surface area (TPSA) is 37.9 Å². The number of aryl methyl sites for hydroxylation is 1. The zero-order valence-corrected chi connectivity index (χ0v) is 14.6. The van der Waals surface area contributed by atoms with Crippen molar-refractivity contribution in [3.05, 3.63) is 20.6 Å². The van der Waals surface area contributed by atoms with Crippen LogP contribution in [0.25, 0.3) is 0 Å². The van der Waals surface area contributed by atoms with Gasteiger partial charge in [-0.15, -0.1) is 0 Å². The van der Waals surface area contributed by atoms with Crippen LogP contribution in [0.4, 0.5) is 0 Å². The molecule has 1 N–H and O–H groups in total. The van der Waals surface area contributed by atoms with Crippen molar-refractivity contribution in [2.45, 2.75) is 59.0 Å². The molecule has 19 heavy (non-hydrogen) atoms. The maximum absolute atomic E-state index is 5.99. The van der Waals surface area contributed by atoms with E-state index in [1.807, 2.05) is 6.92 Å². The van der Waals surface area contributed by atoms with Gasteiger partial charge in [0.25, 0.3) is 0 Å². The zero-order valence-electron chi connectivity index (χ0n) is 12.2. The van der Waals surface area contributed by atoms with E-state index in [0.717, 1.165) is 41.7 Å².